The molecule has 0 bridgehead atoms. The molecule has 5 nitrogen and oxygen atoms in total. The van der Waals surface area contributed by atoms with Crippen molar-refractivity contribution in [2.75, 3.05) is 19.2 Å². The lowest BCUT2D eigenvalue weighted by molar-refractivity contribution is -0.116. The molecule has 0 unspecified atom stereocenters. The predicted octanol–water partition coefficient (Wildman–Crippen LogP) is 6.54. The SMILES string of the molecule is COc1ccc([C@@H]2CC(=O)C3=C(C2)Nc2ccc4ccccc4c2[C@@H]3c2ccc3c(c2)OCO3)cc1. The largest absolute Gasteiger partial charge is 0.497 e. The van der Waals surface area contributed by atoms with Crippen LogP contribution in [0.1, 0.15) is 41.4 Å². The molecular weight excluding hydrogens is 450 g/mol. The molecule has 4 aromatic carbocycles. The van der Waals surface area contributed by atoms with Gasteiger partial charge in [0, 0.05) is 29.3 Å². The summed E-state index contributed by atoms with van der Waals surface area (Å²) < 4.78 is 16.6. The zero-order valence-electron chi connectivity index (χ0n) is 19.9. The number of anilines is 1. The maximum Gasteiger partial charge on any atom is 0.231 e. The molecule has 0 fully saturated rings. The summed E-state index contributed by atoms with van der Waals surface area (Å²) in [5.41, 5.74) is 6.27. The Morgan fingerprint density at radius 1 is 0.861 bits per heavy atom. The van der Waals surface area contributed by atoms with Crippen LogP contribution in [0.25, 0.3) is 10.8 Å². The van der Waals surface area contributed by atoms with Crippen LogP contribution >= 0.6 is 0 Å². The molecule has 0 saturated carbocycles. The molecule has 2 heterocycles. The van der Waals surface area contributed by atoms with E-state index in [0.717, 1.165) is 68.1 Å². The summed E-state index contributed by atoms with van der Waals surface area (Å²) in [6.45, 7) is 0.223. The number of nitrogens with one attached hydrogen (secondary N) is 1. The molecule has 0 spiro atoms. The number of methoxy groups -OCH3 is 1. The monoisotopic (exact) mass is 475 g/mol. The van der Waals surface area contributed by atoms with Crippen molar-refractivity contribution in [3.8, 4) is 17.2 Å². The van der Waals surface area contributed by atoms with Crippen molar-refractivity contribution >= 4 is 22.2 Å². The summed E-state index contributed by atoms with van der Waals surface area (Å²) in [6, 6.07) is 26.8. The highest BCUT2D eigenvalue weighted by Crippen LogP contribution is 2.51. The van der Waals surface area contributed by atoms with Gasteiger partial charge in [0.1, 0.15) is 5.75 Å². The summed E-state index contributed by atoms with van der Waals surface area (Å²) in [5.74, 6) is 2.42. The molecule has 1 N–H and O–H groups in total. The zero-order chi connectivity index (χ0) is 24.2. The Kier molecular flexibility index (Phi) is 4.78. The second-order valence-corrected chi connectivity index (χ2v) is 9.61. The van der Waals surface area contributed by atoms with Gasteiger partial charge in [0.25, 0.3) is 0 Å². The fraction of sp³-hybridized carbons (Fsp3) is 0.194. The van der Waals surface area contributed by atoms with Gasteiger partial charge in [-0.25, -0.2) is 0 Å². The van der Waals surface area contributed by atoms with Gasteiger partial charge >= 0.3 is 0 Å². The van der Waals surface area contributed by atoms with Crippen molar-refractivity contribution in [2.45, 2.75) is 24.7 Å². The predicted molar refractivity (Wildman–Crippen MR) is 139 cm³/mol. The Morgan fingerprint density at radius 3 is 2.53 bits per heavy atom. The number of carbonyl (C=O) groups excluding carboxylic acids is 1. The Morgan fingerprint density at radius 2 is 1.67 bits per heavy atom. The van der Waals surface area contributed by atoms with Crippen molar-refractivity contribution in [1.29, 1.82) is 0 Å². The lowest BCUT2D eigenvalue weighted by Gasteiger charge is -2.37. The standard InChI is InChI=1S/C31H25NO4/c1-34-22-10-6-18(7-11-22)21-14-25-31(26(33)15-21)29(20-9-13-27-28(16-20)36-17-35-27)30-23-5-3-2-4-19(23)8-12-24(30)32-25/h2-13,16,21,29,32H,14-15,17H2,1H3/t21-,29-/m0/s1. The highest BCUT2D eigenvalue weighted by molar-refractivity contribution is 6.04. The Balaban J connectivity index is 1.39. The molecule has 1 aliphatic carbocycles. The van der Waals surface area contributed by atoms with Crippen molar-refractivity contribution in [3.63, 3.8) is 0 Å². The van der Waals surface area contributed by atoms with E-state index < -0.39 is 0 Å². The number of fused-ring (bicyclic) bond motifs is 4. The minimum Gasteiger partial charge on any atom is -0.497 e. The van der Waals surface area contributed by atoms with Crippen LogP contribution < -0.4 is 19.5 Å². The van der Waals surface area contributed by atoms with Crippen molar-refractivity contribution in [3.05, 3.63) is 107 Å². The number of benzene rings is 4. The summed E-state index contributed by atoms with van der Waals surface area (Å²) in [7, 11) is 1.67. The first-order chi connectivity index (χ1) is 17.7. The molecular formula is C31H25NO4. The third-order valence-corrected chi connectivity index (χ3v) is 7.66. The number of ether oxygens (including phenoxy) is 3. The fourth-order valence-electron chi connectivity index (χ4n) is 5.94. The van der Waals surface area contributed by atoms with Crippen LogP contribution in [0, 0.1) is 0 Å². The first kappa shape index (κ1) is 21.1. The average molecular weight is 476 g/mol. The summed E-state index contributed by atoms with van der Waals surface area (Å²) in [6.07, 6.45) is 1.26. The van der Waals surface area contributed by atoms with Crippen LogP contribution in [0.5, 0.6) is 17.2 Å². The lowest BCUT2D eigenvalue weighted by Crippen LogP contribution is -2.30. The molecule has 0 amide bonds. The first-order valence-corrected chi connectivity index (χ1v) is 12.3. The van der Waals surface area contributed by atoms with Crippen molar-refractivity contribution in [2.24, 2.45) is 0 Å². The quantitative estimate of drug-likeness (QED) is 0.365. The van der Waals surface area contributed by atoms with Gasteiger partial charge in [0.15, 0.2) is 17.3 Å². The number of rotatable bonds is 3. The summed E-state index contributed by atoms with van der Waals surface area (Å²) >= 11 is 0. The second kappa shape index (κ2) is 8.16. The molecule has 7 rings (SSSR count). The zero-order valence-corrected chi connectivity index (χ0v) is 19.9. The average Bonchev–Trinajstić information content (AvgIpc) is 3.40. The van der Waals surface area contributed by atoms with E-state index in [4.69, 9.17) is 14.2 Å². The van der Waals surface area contributed by atoms with Crippen LogP contribution in [0.2, 0.25) is 0 Å². The van der Waals surface area contributed by atoms with E-state index in [2.05, 4.69) is 59.9 Å². The van der Waals surface area contributed by atoms with Gasteiger partial charge in [0.05, 0.1) is 7.11 Å². The fourth-order valence-corrected chi connectivity index (χ4v) is 5.94. The number of carbonyl (C=O) groups is 1. The molecule has 36 heavy (non-hydrogen) atoms. The highest BCUT2D eigenvalue weighted by atomic mass is 16.7. The third kappa shape index (κ3) is 3.27. The third-order valence-electron chi connectivity index (χ3n) is 7.66. The molecule has 0 saturated heterocycles. The number of allylic oxidation sites excluding steroid dienone is 2. The Hall–Kier alpha value is -4.25. The van der Waals surface area contributed by atoms with Gasteiger partial charge in [0.2, 0.25) is 6.79 Å². The Bertz CT molecular complexity index is 1550. The van der Waals surface area contributed by atoms with Crippen LogP contribution in [0.3, 0.4) is 0 Å². The number of Topliss-reactive ketones (excluding diaryl/α,β-unsaturated/α-hetero) is 1. The molecule has 3 aliphatic rings. The summed E-state index contributed by atoms with van der Waals surface area (Å²) in [5, 5.41) is 5.99. The summed E-state index contributed by atoms with van der Waals surface area (Å²) in [4.78, 5) is 13.9. The van der Waals surface area contributed by atoms with Crippen LogP contribution in [-0.2, 0) is 4.79 Å². The number of ketones is 1. The molecule has 4 aromatic rings. The normalized spacial score (nSPS) is 20.1. The van der Waals surface area contributed by atoms with E-state index in [0.29, 0.717) is 6.42 Å². The molecule has 0 radical (unpaired) electrons. The van der Waals surface area contributed by atoms with E-state index in [9.17, 15) is 4.79 Å². The van der Waals surface area contributed by atoms with Gasteiger partial charge in [-0.05, 0) is 70.1 Å². The van der Waals surface area contributed by atoms with Crippen molar-refractivity contribution in [1.82, 2.24) is 0 Å². The van der Waals surface area contributed by atoms with Crippen LogP contribution in [-0.4, -0.2) is 19.7 Å². The topological polar surface area (TPSA) is 56.8 Å². The molecule has 5 heteroatoms. The maximum atomic E-state index is 13.9. The minimum absolute atomic E-state index is 0.120. The van der Waals surface area contributed by atoms with E-state index in [1.807, 2.05) is 24.3 Å². The van der Waals surface area contributed by atoms with Gasteiger partial charge in [-0.3, -0.25) is 4.79 Å². The molecule has 178 valence electrons. The van der Waals surface area contributed by atoms with Crippen LogP contribution in [0.15, 0.2) is 90.1 Å². The maximum absolute atomic E-state index is 13.9. The molecule has 2 aliphatic heterocycles. The number of hydrogen-bond acceptors (Lipinski definition) is 5. The van der Waals surface area contributed by atoms with E-state index in [-0.39, 0.29) is 24.4 Å². The smallest absolute Gasteiger partial charge is 0.231 e. The molecule has 2 atom stereocenters. The number of hydrogen-bond donors (Lipinski definition) is 1. The van der Waals surface area contributed by atoms with Gasteiger partial charge in [-0.1, -0.05) is 48.5 Å². The highest BCUT2D eigenvalue weighted by Gasteiger charge is 2.39. The van der Waals surface area contributed by atoms with Gasteiger partial charge in [-0.15, -0.1) is 0 Å². The Labute approximate surface area is 209 Å². The van der Waals surface area contributed by atoms with E-state index in [1.54, 1.807) is 7.11 Å². The van der Waals surface area contributed by atoms with Gasteiger partial charge < -0.3 is 19.5 Å². The first-order valence-electron chi connectivity index (χ1n) is 12.3. The van der Waals surface area contributed by atoms with Crippen molar-refractivity contribution < 1.29 is 19.0 Å². The van der Waals surface area contributed by atoms with Gasteiger partial charge in [-0.2, -0.15) is 0 Å². The van der Waals surface area contributed by atoms with Crippen LogP contribution in [0.4, 0.5) is 5.69 Å². The van der Waals surface area contributed by atoms with E-state index >= 15 is 0 Å². The molecule has 0 aromatic heterocycles. The lowest BCUT2D eigenvalue weighted by atomic mass is 9.71. The van der Waals surface area contributed by atoms with E-state index in [1.165, 1.54) is 0 Å². The second-order valence-electron chi connectivity index (χ2n) is 9.61. The minimum atomic E-state index is -0.179.